The van der Waals surface area contributed by atoms with Crippen LogP contribution < -0.4 is 20.9 Å². The number of rotatable bonds is 3. The van der Waals surface area contributed by atoms with Crippen molar-refractivity contribution in [2.45, 2.75) is 0 Å². The molecule has 0 amide bonds. The molecule has 0 aromatic heterocycles. The van der Waals surface area contributed by atoms with Gasteiger partial charge in [0.1, 0.15) is 11.5 Å². The van der Waals surface area contributed by atoms with Crippen molar-refractivity contribution in [2.24, 2.45) is 5.73 Å². The topological polar surface area (TPSA) is 73.9 Å². The summed E-state index contributed by atoms with van der Waals surface area (Å²) in [5, 5.41) is 14.1. The maximum atomic E-state index is 8.05. The van der Waals surface area contributed by atoms with E-state index >= 15 is 0 Å². The molecule has 0 saturated heterocycles. The van der Waals surface area contributed by atoms with Crippen LogP contribution in [0.2, 0.25) is 0 Å². The molecular formula is C16H22N5+. The molecule has 1 heterocycles. The van der Waals surface area contributed by atoms with E-state index in [0.29, 0.717) is 5.70 Å². The van der Waals surface area contributed by atoms with E-state index < -0.39 is 0 Å². The van der Waals surface area contributed by atoms with E-state index in [4.69, 9.17) is 11.1 Å². The zero-order chi connectivity index (χ0) is 15.5. The van der Waals surface area contributed by atoms with Gasteiger partial charge in [-0.15, -0.1) is 0 Å². The molecule has 21 heavy (non-hydrogen) atoms. The first-order valence-electron chi connectivity index (χ1n) is 6.75. The Morgan fingerprint density at radius 1 is 1.14 bits per heavy atom. The van der Waals surface area contributed by atoms with Gasteiger partial charge in [-0.2, -0.15) is 0 Å². The summed E-state index contributed by atoms with van der Waals surface area (Å²) in [7, 11) is 6.34. The van der Waals surface area contributed by atoms with E-state index in [2.05, 4.69) is 31.8 Å². The second-order valence-electron chi connectivity index (χ2n) is 5.75. The Hall–Kier alpha value is -2.53. The lowest BCUT2D eigenvalue weighted by molar-refractivity contribution is 0.486. The highest BCUT2D eigenvalue weighted by molar-refractivity contribution is 6.05. The molecule has 5 nitrogen and oxygen atoms in total. The quantitative estimate of drug-likeness (QED) is 0.390. The molecule has 0 fully saturated rings. The summed E-state index contributed by atoms with van der Waals surface area (Å²) in [6, 6.07) is 7.99. The van der Waals surface area contributed by atoms with Crippen molar-refractivity contribution in [3.8, 4) is 0 Å². The average molecular weight is 284 g/mol. The predicted molar refractivity (Wildman–Crippen MR) is 90.0 cm³/mol. The number of benzene rings is 1. The summed E-state index contributed by atoms with van der Waals surface area (Å²) in [5.41, 5.74) is 9.12. The van der Waals surface area contributed by atoms with Crippen molar-refractivity contribution in [1.29, 1.82) is 5.41 Å². The first-order chi connectivity index (χ1) is 9.88. The maximum absolute atomic E-state index is 8.05. The number of anilines is 1. The highest BCUT2D eigenvalue weighted by atomic mass is 15.3. The summed E-state index contributed by atoms with van der Waals surface area (Å²) in [4.78, 5) is 0. The number of dihydropyridines is 1. The summed E-state index contributed by atoms with van der Waals surface area (Å²) < 4.78 is 0.755. The third-order valence-corrected chi connectivity index (χ3v) is 3.18. The fourth-order valence-corrected chi connectivity index (χ4v) is 1.90. The lowest BCUT2D eigenvalue weighted by atomic mass is 10.2. The molecule has 1 aromatic rings. The number of allylic oxidation sites excluding steroid dienone is 3. The monoisotopic (exact) mass is 284 g/mol. The number of amidine groups is 1. The predicted octanol–water partition coefficient (Wildman–Crippen LogP) is 2.12. The molecule has 2 rings (SSSR count). The van der Waals surface area contributed by atoms with Crippen LogP contribution in [0.15, 0.2) is 60.1 Å². The van der Waals surface area contributed by atoms with Crippen molar-refractivity contribution in [2.75, 3.05) is 26.5 Å². The van der Waals surface area contributed by atoms with Crippen LogP contribution in [0.5, 0.6) is 0 Å². The van der Waals surface area contributed by atoms with Crippen molar-refractivity contribution in [3.05, 3.63) is 60.1 Å². The maximum Gasteiger partial charge on any atom is 0.148 e. The SMILES string of the molecule is C[N+](C)(C)c1ccc(NC(=N)/C(N)=C2/C=CC=CN2)cc1. The molecule has 0 aliphatic carbocycles. The van der Waals surface area contributed by atoms with E-state index in [9.17, 15) is 0 Å². The Kier molecular flexibility index (Phi) is 4.14. The van der Waals surface area contributed by atoms with Gasteiger partial charge in [0.25, 0.3) is 0 Å². The van der Waals surface area contributed by atoms with Crippen LogP contribution in [-0.4, -0.2) is 27.0 Å². The van der Waals surface area contributed by atoms with Crippen LogP contribution in [0.3, 0.4) is 0 Å². The fraction of sp³-hybridized carbons (Fsp3) is 0.188. The summed E-state index contributed by atoms with van der Waals surface area (Å²) in [5.74, 6) is 0.176. The molecule has 0 saturated carbocycles. The van der Waals surface area contributed by atoms with Crippen molar-refractivity contribution in [1.82, 2.24) is 9.80 Å². The van der Waals surface area contributed by atoms with Gasteiger partial charge in [0.2, 0.25) is 0 Å². The van der Waals surface area contributed by atoms with E-state index in [1.165, 1.54) is 5.69 Å². The van der Waals surface area contributed by atoms with Crippen LogP contribution in [0.25, 0.3) is 0 Å². The standard InChI is InChI=1S/C16H22N5/c1-21(2,3)13-9-7-12(8-10-13)20-16(18)15(17)14-6-4-5-11-19-14/h4-11,19H,17H2,1-3H3,(H2,18,20)/q+1/b15-14+. The van der Waals surface area contributed by atoms with Gasteiger partial charge >= 0.3 is 0 Å². The molecule has 110 valence electrons. The number of nitrogens with one attached hydrogen (secondary N) is 3. The van der Waals surface area contributed by atoms with Crippen molar-refractivity contribution < 1.29 is 0 Å². The Morgan fingerprint density at radius 3 is 2.33 bits per heavy atom. The fourth-order valence-electron chi connectivity index (χ4n) is 1.90. The molecule has 5 heteroatoms. The van der Waals surface area contributed by atoms with Crippen LogP contribution in [0.4, 0.5) is 11.4 Å². The summed E-state index contributed by atoms with van der Waals surface area (Å²) >= 11 is 0. The average Bonchev–Trinajstić information content (AvgIpc) is 2.47. The number of quaternary nitrogens is 1. The molecule has 0 atom stereocenters. The first-order valence-corrected chi connectivity index (χ1v) is 6.75. The lowest BCUT2D eigenvalue weighted by Gasteiger charge is -2.23. The van der Waals surface area contributed by atoms with Crippen LogP contribution in [0.1, 0.15) is 0 Å². The van der Waals surface area contributed by atoms with Crippen molar-refractivity contribution >= 4 is 17.2 Å². The molecule has 5 N–H and O–H groups in total. The third kappa shape index (κ3) is 3.73. The van der Waals surface area contributed by atoms with Gasteiger partial charge in [0.15, 0.2) is 0 Å². The molecule has 0 bridgehead atoms. The number of nitrogens with zero attached hydrogens (tertiary/aromatic N) is 1. The zero-order valence-electron chi connectivity index (χ0n) is 12.6. The van der Waals surface area contributed by atoms with Crippen molar-refractivity contribution in [3.63, 3.8) is 0 Å². The highest BCUT2D eigenvalue weighted by Crippen LogP contribution is 2.20. The van der Waals surface area contributed by atoms with Gasteiger partial charge in [0, 0.05) is 24.0 Å². The van der Waals surface area contributed by atoms with Gasteiger partial charge in [-0.25, -0.2) is 0 Å². The molecule has 0 unspecified atom stereocenters. The molecule has 1 aromatic carbocycles. The first kappa shape index (κ1) is 14.9. The second-order valence-corrected chi connectivity index (χ2v) is 5.75. The number of nitrogens with two attached hydrogens (primary N) is 1. The number of hydrogen-bond donors (Lipinski definition) is 4. The molecule has 1 aliphatic heterocycles. The Bertz CT molecular complexity index is 615. The van der Waals surface area contributed by atoms with Crippen LogP contribution in [0, 0.1) is 5.41 Å². The minimum Gasteiger partial charge on any atom is -0.394 e. The van der Waals surface area contributed by atoms with Gasteiger partial charge in [-0.05, 0) is 24.3 Å². The molecule has 0 radical (unpaired) electrons. The van der Waals surface area contributed by atoms with E-state index in [0.717, 1.165) is 15.9 Å². The van der Waals surface area contributed by atoms with Gasteiger partial charge in [0.05, 0.1) is 32.5 Å². The van der Waals surface area contributed by atoms with Crippen LogP contribution in [-0.2, 0) is 0 Å². The highest BCUT2D eigenvalue weighted by Gasteiger charge is 2.12. The normalized spacial score (nSPS) is 16.3. The molecule has 0 spiro atoms. The van der Waals surface area contributed by atoms with Gasteiger partial charge in [-0.1, -0.05) is 6.08 Å². The number of hydrogen-bond acceptors (Lipinski definition) is 3. The largest absolute Gasteiger partial charge is 0.394 e. The molecular weight excluding hydrogens is 262 g/mol. The smallest absolute Gasteiger partial charge is 0.148 e. The second kappa shape index (κ2) is 5.85. The molecule has 1 aliphatic rings. The third-order valence-electron chi connectivity index (χ3n) is 3.18. The zero-order valence-corrected chi connectivity index (χ0v) is 12.6. The minimum atomic E-state index is 0.176. The summed E-state index contributed by atoms with van der Waals surface area (Å²) in [6.07, 6.45) is 7.37. The Labute approximate surface area is 125 Å². The summed E-state index contributed by atoms with van der Waals surface area (Å²) in [6.45, 7) is 0. The Balaban J connectivity index is 2.10. The lowest BCUT2D eigenvalue weighted by Crippen LogP contribution is -2.34. The van der Waals surface area contributed by atoms with E-state index in [1.807, 2.05) is 42.5 Å². The van der Waals surface area contributed by atoms with E-state index in [1.54, 1.807) is 6.20 Å². The minimum absolute atomic E-state index is 0.176. The van der Waals surface area contributed by atoms with Gasteiger partial charge < -0.3 is 16.4 Å². The van der Waals surface area contributed by atoms with Gasteiger partial charge in [-0.3, -0.25) is 9.89 Å². The van der Waals surface area contributed by atoms with E-state index in [-0.39, 0.29) is 5.84 Å². The Morgan fingerprint density at radius 2 is 1.81 bits per heavy atom. The van der Waals surface area contributed by atoms with Crippen LogP contribution >= 0.6 is 0 Å².